The van der Waals surface area contributed by atoms with Gasteiger partial charge in [-0.3, -0.25) is 4.79 Å². The molecular formula is C18H15FN2O5. The highest BCUT2D eigenvalue weighted by Crippen LogP contribution is 2.25. The summed E-state index contributed by atoms with van der Waals surface area (Å²) in [6.45, 7) is 3.08. The molecule has 8 heteroatoms. The van der Waals surface area contributed by atoms with Crippen molar-refractivity contribution in [2.45, 2.75) is 20.0 Å². The minimum Gasteiger partial charge on any atom is -0.449 e. The lowest BCUT2D eigenvalue weighted by Gasteiger charge is -2.11. The van der Waals surface area contributed by atoms with E-state index in [-0.39, 0.29) is 22.9 Å². The second-order valence-corrected chi connectivity index (χ2v) is 5.50. The van der Waals surface area contributed by atoms with Crippen molar-refractivity contribution in [3.63, 3.8) is 0 Å². The summed E-state index contributed by atoms with van der Waals surface area (Å²) in [7, 11) is 0. The zero-order valence-electron chi connectivity index (χ0n) is 14.0. The predicted molar refractivity (Wildman–Crippen MR) is 88.8 cm³/mol. The van der Waals surface area contributed by atoms with Crippen LogP contribution < -0.4 is 5.32 Å². The maximum absolute atomic E-state index is 13.8. The molecule has 3 aromatic rings. The first-order valence-electron chi connectivity index (χ1n) is 7.74. The maximum atomic E-state index is 13.8. The molecule has 0 radical (unpaired) electrons. The quantitative estimate of drug-likeness (QED) is 0.701. The molecule has 1 atom stereocenters. The van der Waals surface area contributed by atoms with Crippen LogP contribution in [-0.4, -0.2) is 23.1 Å². The van der Waals surface area contributed by atoms with Crippen molar-refractivity contribution in [3.05, 3.63) is 59.8 Å². The SMILES string of the molecule is Cc1cc(NC(=O)[C@@H](C)OC(=O)c2ccc(-c3ccccc3F)o2)no1. The van der Waals surface area contributed by atoms with Gasteiger partial charge in [0, 0.05) is 6.07 Å². The number of aromatic nitrogens is 1. The largest absolute Gasteiger partial charge is 0.449 e. The van der Waals surface area contributed by atoms with E-state index in [9.17, 15) is 14.0 Å². The highest BCUT2D eigenvalue weighted by molar-refractivity contribution is 5.96. The number of anilines is 1. The zero-order valence-corrected chi connectivity index (χ0v) is 14.0. The van der Waals surface area contributed by atoms with E-state index in [0.717, 1.165) is 0 Å². The van der Waals surface area contributed by atoms with Crippen LogP contribution in [0.3, 0.4) is 0 Å². The number of amides is 1. The van der Waals surface area contributed by atoms with E-state index in [2.05, 4.69) is 10.5 Å². The number of benzene rings is 1. The number of carbonyl (C=O) groups excluding carboxylic acids is 2. The van der Waals surface area contributed by atoms with Gasteiger partial charge in [0.2, 0.25) is 5.76 Å². The Kier molecular flexibility index (Phi) is 4.83. The standard InChI is InChI=1S/C18H15FN2O5/c1-10-9-16(21-26-10)20-17(22)11(2)24-18(23)15-8-7-14(25-15)12-5-3-4-6-13(12)19/h3-9,11H,1-2H3,(H,20,21,22)/t11-/m1/s1. The Morgan fingerprint density at radius 3 is 2.69 bits per heavy atom. The van der Waals surface area contributed by atoms with Crippen LogP contribution in [0.15, 0.2) is 51.4 Å². The number of ether oxygens (including phenoxy) is 1. The molecule has 3 rings (SSSR count). The van der Waals surface area contributed by atoms with E-state index in [1.54, 1.807) is 19.1 Å². The first kappa shape index (κ1) is 17.4. The molecule has 0 aliphatic carbocycles. The summed E-state index contributed by atoms with van der Waals surface area (Å²) in [5, 5.41) is 6.08. The third-order valence-corrected chi connectivity index (χ3v) is 3.48. The molecule has 0 spiro atoms. The molecule has 1 aromatic carbocycles. The Balaban J connectivity index is 1.64. The summed E-state index contributed by atoms with van der Waals surface area (Å²) in [6, 6.07) is 10.4. The monoisotopic (exact) mass is 358 g/mol. The van der Waals surface area contributed by atoms with Crippen LogP contribution in [0.4, 0.5) is 10.2 Å². The first-order valence-corrected chi connectivity index (χ1v) is 7.74. The lowest BCUT2D eigenvalue weighted by molar-refractivity contribution is -0.123. The van der Waals surface area contributed by atoms with Crippen LogP contribution in [-0.2, 0) is 9.53 Å². The Morgan fingerprint density at radius 1 is 1.23 bits per heavy atom. The molecule has 1 N–H and O–H groups in total. The summed E-state index contributed by atoms with van der Waals surface area (Å²) in [5.74, 6) is -1.10. The lowest BCUT2D eigenvalue weighted by atomic mass is 10.1. The first-order chi connectivity index (χ1) is 12.4. The van der Waals surface area contributed by atoms with Gasteiger partial charge in [0.25, 0.3) is 5.91 Å². The summed E-state index contributed by atoms with van der Waals surface area (Å²) in [6.07, 6.45) is -1.10. The number of halogens is 1. The molecule has 134 valence electrons. The van der Waals surface area contributed by atoms with Gasteiger partial charge >= 0.3 is 5.97 Å². The van der Waals surface area contributed by atoms with Crippen molar-refractivity contribution >= 4 is 17.7 Å². The number of aryl methyl sites for hydroxylation is 1. The number of nitrogens with one attached hydrogen (secondary N) is 1. The second-order valence-electron chi connectivity index (χ2n) is 5.50. The average molecular weight is 358 g/mol. The molecule has 26 heavy (non-hydrogen) atoms. The van der Waals surface area contributed by atoms with Gasteiger partial charge in [-0.2, -0.15) is 0 Å². The Hall–Kier alpha value is -3.42. The van der Waals surface area contributed by atoms with Gasteiger partial charge in [-0.05, 0) is 38.1 Å². The summed E-state index contributed by atoms with van der Waals surface area (Å²) in [5.41, 5.74) is 0.221. The predicted octanol–water partition coefficient (Wildman–Crippen LogP) is 3.57. The van der Waals surface area contributed by atoms with Gasteiger partial charge < -0.3 is 19.0 Å². The lowest BCUT2D eigenvalue weighted by Crippen LogP contribution is -2.30. The highest BCUT2D eigenvalue weighted by atomic mass is 19.1. The normalized spacial score (nSPS) is 11.8. The molecule has 0 aliphatic rings. The van der Waals surface area contributed by atoms with Crippen molar-refractivity contribution < 1.29 is 27.7 Å². The summed E-state index contributed by atoms with van der Waals surface area (Å²) in [4.78, 5) is 24.1. The van der Waals surface area contributed by atoms with E-state index in [0.29, 0.717) is 5.76 Å². The molecule has 0 saturated carbocycles. The van der Waals surface area contributed by atoms with Crippen molar-refractivity contribution in [2.75, 3.05) is 5.32 Å². The summed E-state index contributed by atoms with van der Waals surface area (Å²) >= 11 is 0. The van der Waals surface area contributed by atoms with Crippen LogP contribution in [0.5, 0.6) is 0 Å². The van der Waals surface area contributed by atoms with Crippen LogP contribution >= 0.6 is 0 Å². The molecule has 2 aromatic heterocycles. The molecule has 0 saturated heterocycles. The van der Waals surface area contributed by atoms with Crippen LogP contribution in [0, 0.1) is 12.7 Å². The average Bonchev–Trinajstić information content (AvgIpc) is 3.24. The van der Waals surface area contributed by atoms with Crippen molar-refractivity contribution in [2.24, 2.45) is 0 Å². The third kappa shape index (κ3) is 3.80. The Bertz CT molecular complexity index is 946. The topological polar surface area (TPSA) is 94.6 Å². The second kappa shape index (κ2) is 7.22. The fourth-order valence-corrected chi connectivity index (χ4v) is 2.18. The fourth-order valence-electron chi connectivity index (χ4n) is 2.18. The van der Waals surface area contributed by atoms with Gasteiger partial charge in [-0.15, -0.1) is 0 Å². The molecule has 1 amide bonds. The molecule has 0 fully saturated rings. The van der Waals surface area contributed by atoms with Crippen molar-refractivity contribution in [3.8, 4) is 11.3 Å². The number of hydrogen-bond donors (Lipinski definition) is 1. The van der Waals surface area contributed by atoms with Gasteiger partial charge in [-0.25, -0.2) is 9.18 Å². The fraction of sp³-hybridized carbons (Fsp3) is 0.167. The molecule has 7 nitrogen and oxygen atoms in total. The van der Waals surface area contributed by atoms with E-state index >= 15 is 0 Å². The van der Waals surface area contributed by atoms with Gasteiger partial charge in [0.15, 0.2) is 11.9 Å². The van der Waals surface area contributed by atoms with Gasteiger partial charge in [-0.1, -0.05) is 17.3 Å². The van der Waals surface area contributed by atoms with Crippen LogP contribution in [0.25, 0.3) is 11.3 Å². The van der Waals surface area contributed by atoms with E-state index in [1.165, 1.54) is 37.3 Å². The van der Waals surface area contributed by atoms with Gasteiger partial charge in [0.1, 0.15) is 17.3 Å². The van der Waals surface area contributed by atoms with Crippen molar-refractivity contribution in [1.82, 2.24) is 5.16 Å². The smallest absolute Gasteiger partial charge is 0.375 e. The number of hydrogen-bond acceptors (Lipinski definition) is 6. The van der Waals surface area contributed by atoms with E-state index in [4.69, 9.17) is 13.7 Å². The zero-order chi connectivity index (χ0) is 18.7. The number of nitrogens with zero attached hydrogens (tertiary/aromatic N) is 1. The maximum Gasteiger partial charge on any atom is 0.375 e. The number of esters is 1. The number of rotatable bonds is 5. The number of carbonyl (C=O) groups is 2. The minimum atomic E-state index is -1.10. The molecule has 0 bridgehead atoms. The minimum absolute atomic E-state index is 0.139. The van der Waals surface area contributed by atoms with Crippen LogP contribution in [0.2, 0.25) is 0 Å². The Morgan fingerprint density at radius 2 is 2.00 bits per heavy atom. The molecule has 0 aliphatic heterocycles. The number of furan rings is 1. The van der Waals surface area contributed by atoms with Gasteiger partial charge in [0.05, 0.1) is 5.56 Å². The molecular weight excluding hydrogens is 343 g/mol. The Labute approximate surface area is 147 Å². The van der Waals surface area contributed by atoms with Crippen molar-refractivity contribution in [1.29, 1.82) is 0 Å². The molecule has 0 unspecified atom stereocenters. The van der Waals surface area contributed by atoms with E-state index in [1.807, 2.05) is 0 Å². The highest BCUT2D eigenvalue weighted by Gasteiger charge is 2.22. The van der Waals surface area contributed by atoms with Crippen LogP contribution in [0.1, 0.15) is 23.2 Å². The third-order valence-electron chi connectivity index (χ3n) is 3.48. The van der Waals surface area contributed by atoms with E-state index < -0.39 is 23.8 Å². The molecule has 2 heterocycles. The summed E-state index contributed by atoms with van der Waals surface area (Å²) < 4.78 is 29.0.